The van der Waals surface area contributed by atoms with Gasteiger partial charge >= 0.3 is 45.4 Å². The van der Waals surface area contributed by atoms with E-state index in [4.69, 9.17) is 18.1 Å². The maximum absolute atomic E-state index is 10.1. The van der Waals surface area contributed by atoms with Gasteiger partial charge in [-0.05, 0) is 0 Å². The summed E-state index contributed by atoms with van der Waals surface area (Å²) in [4.78, 5) is 31.2. The molecule has 0 aromatic rings. The number of nitrogens with zero attached hydrogens (tertiary/aromatic N) is 1. The van der Waals surface area contributed by atoms with Crippen LogP contribution in [0, 0.1) is 0 Å². The van der Waals surface area contributed by atoms with Gasteiger partial charge in [0.05, 0.1) is 19.6 Å². The number of carbonyl (C=O) groups is 3. The van der Waals surface area contributed by atoms with Gasteiger partial charge in [0.1, 0.15) is 0 Å². The van der Waals surface area contributed by atoms with Crippen LogP contribution in [0.2, 0.25) is 0 Å². The molecule has 0 atom stereocenters. The zero-order valence-corrected chi connectivity index (χ0v) is 11.0. The number of hydrogen-bond donors (Lipinski definition) is 3. The van der Waals surface area contributed by atoms with Crippen LogP contribution in [0.3, 0.4) is 0 Å². The minimum absolute atomic E-state index is 0.194. The maximum atomic E-state index is 10.1. The Hall–Kier alpha value is -0.947. The molecule has 0 aliphatic heterocycles. The van der Waals surface area contributed by atoms with Crippen molar-refractivity contribution in [2.45, 2.75) is 0 Å². The Balaban J connectivity index is 0. The van der Waals surface area contributed by atoms with Gasteiger partial charge in [-0.2, -0.15) is 0 Å². The standard InChI is InChI=1S/C6H9NO6.Bi.O/c8-4(9)1-7(2-5(10)11)3-6(12)13;;/h1-3H2,(H,8,9)(H,10,11)(H,12,13);;. The molecule has 0 unspecified atom stereocenters. The number of carboxylic acid groups (broad SMARTS) is 3. The number of hydrogen-bond acceptors (Lipinski definition) is 5. The fraction of sp³-hybridized carbons (Fsp3) is 0.500. The Morgan fingerprint density at radius 1 is 0.800 bits per heavy atom. The second-order valence-electron chi connectivity index (χ2n) is 2.33. The van der Waals surface area contributed by atoms with E-state index >= 15 is 0 Å². The molecule has 0 aromatic carbocycles. The van der Waals surface area contributed by atoms with Crippen molar-refractivity contribution in [3.05, 3.63) is 0 Å². The summed E-state index contributed by atoms with van der Waals surface area (Å²) in [6.07, 6.45) is 0. The molecular formula is C6H9BiNO7. The molecule has 0 aliphatic rings. The predicted molar refractivity (Wildman–Crippen MR) is 45.8 cm³/mol. The molecule has 15 heavy (non-hydrogen) atoms. The third-order valence-corrected chi connectivity index (χ3v) is 1.08. The van der Waals surface area contributed by atoms with Gasteiger partial charge in [-0.3, -0.25) is 19.3 Å². The SMILES string of the molecule is O=C(O)CN(CC(=O)O)CC(=O)O.[O]=[Bi]. The van der Waals surface area contributed by atoms with Crippen LogP contribution in [-0.4, -0.2) is 82.5 Å². The number of carboxylic acids is 3. The second-order valence-corrected chi connectivity index (χ2v) is 2.33. The summed E-state index contributed by atoms with van der Waals surface area (Å²) in [5.41, 5.74) is 0. The Morgan fingerprint density at radius 3 is 1.13 bits per heavy atom. The average molecular weight is 416 g/mol. The molecule has 0 spiro atoms. The normalized spacial score (nSPS) is 8.87. The molecule has 85 valence electrons. The molecule has 0 rings (SSSR count). The molecule has 0 aliphatic carbocycles. The molecule has 0 aromatic heterocycles. The quantitative estimate of drug-likeness (QED) is 0.426. The Bertz CT molecular complexity index is 206. The van der Waals surface area contributed by atoms with Gasteiger partial charge in [0.25, 0.3) is 0 Å². The molecule has 1 radical (unpaired) electrons. The van der Waals surface area contributed by atoms with Gasteiger partial charge < -0.3 is 15.3 Å². The molecule has 9 heteroatoms. The topological polar surface area (TPSA) is 132 Å². The van der Waals surface area contributed by atoms with Crippen molar-refractivity contribution in [2.24, 2.45) is 0 Å². The van der Waals surface area contributed by atoms with E-state index < -0.39 is 37.5 Å². The minimum atomic E-state index is -1.26. The average Bonchev–Trinajstić information content (AvgIpc) is 2.03. The molecule has 8 nitrogen and oxygen atoms in total. The van der Waals surface area contributed by atoms with Gasteiger partial charge in [-0.1, -0.05) is 0 Å². The number of rotatable bonds is 6. The van der Waals surface area contributed by atoms with Crippen LogP contribution in [0.15, 0.2) is 0 Å². The monoisotopic (exact) mass is 416 g/mol. The third-order valence-electron chi connectivity index (χ3n) is 1.08. The van der Waals surface area contributed by atoms with Gasteiger partial charge in [0.15, 0.2) is 0 Å². The zero-order valence-electron chi connectivity index (χ0n) is 7.49. The first-order valence-corrected chi connectivity index (χ1v) is 4.89. The Morgan fingerprint density at radius 2 is 1.00 bits per heavy atom. The molecule has 0 heterocycles. The van der Waals surface area contributed by atoms with Gasteiger partial charge in [-0.15, -0.1) is 0 Å². The first-order chi connectivity index (χ1) is 6.91. The summed E-state index contributed by atoms with van der Waals surface area (Å²) in [5.74, 6) is -3.78. The second kappa shape index (κ2) is 9.60. The van der Waals surface area contributed by atoms with Gasteiger partial charge in [0.2, 0.25) is 0 Å². The number of aliphatic carboxylic acids is 3. The Kier molecular flexibility index (Phi) is 10.6. The van der Waals surface area contributed by atoms with Crippen molar-refractivity contribution in [3.8, 4) is 0 Å². The zero-order chi connectivity index (χ0) is 12.4. The Labute approximate surface area is 99.8 Å². The predicted octanol–water partition coefficient (Wildman–Crippen LogP) is -1.96. The van der Waals surface area contributed by atoms with Crippen LogP contribution in [0.1, 0.15) is 0 Å². The fourth-order valence-electron chi connectivity index (χ4n) is 0.742. The third kappa shape index (κ3) is 13.1. The van der Waals surface area contributed by atoms with Crippen LogP contribution in [0.4, 0.5) is 0 Å². The summed E-state index contributed by atoms with van der Waals surface area (Å²) < 4.78 is 8.36. The fourth-order valence-corrected chi connectivity index (χ4v) is 0.742. The van der Waals surface area contributed by atoms with Gasteiger partial charge in [0, 0.05) is 0 Å². The summed E-state index contributed by atoms with van der Waals surface area (Å²) in [5, 5.41) is 24.8. The summed E-state index contributed by atoms with van der Waals surface area (Å²) in [6.45, 7) is -1.80. The van der Waals surface area contributed by atoms with E-state index in [1.54, 1.807) is 0 Å². The van der Waals surface area contributed by atoms with Crippen molar-refractivity contribution >= 4 is 42.6 Å². The van der Waals surface area contributed by atoms with E-state index in [9.17, 15) is 14.4 Å². The van der Waals surface area contributed by atoms with Crippen molar-refractivity contribution in [1.82, 2.24) is 4.90 Å². The van der Waals surface area contributed by atoms with E-state index in [0.29, 0.717) is 0 Å². The van der Waals surface area contributed by atoms with Crippen LogP contribution in [0.5, 0.6) is 0 Å². The van der Waals surface area contributed by atoms with Crippen molar-refractivity contribution in [3.63, 3.8) is 0 Å². The molecule has 0 saturated heterocycles. The van der Waals surface area contributed by atoms with Crippen LogP contribution < -0.4 is 0 Å². The van der Waals surface area contributed by atoms with Crippen LogP contribution in [0.25, 0.3) is 0 Å². The van der Waals surface area contributed by atoms with Crippen molar-refractivity contribution in [1.29, 1.82) is 0 Å². The molecule has 0 bridgehead atoms. The first-order valence-electron chi connectivity index (χ1n) is 3.48. The molecule has 0 fully saturated rings. The molecule has 3 N–H and O–H groups in total. The van der Waals surface area contributed by atoms with E-state index in [0.717, 1.165) is 4.90 Å². The van der Waals surface area contributed by atoms with Gasteiger partial charge in [-0.25, -0.2) is 0 Å². The van der Waals surface area contributed by atoms with E-state index in [1.165, 1.54) is 0 Å². The summed E-state index contributed by atoms with van der Waals surface area (Å²) in [6, 6.07) is 0. The van der Waals surface area contributed by atoms with Crippen LogP contribution in [-0.2, 0) is 17.2 Å². The molecule has 0 saturated carbocycles. The first kappa shape index (κ1) is 16.5. The van der Waals surface area contributed by atoms with E-state index in [1.807, 2.05) is 0 Å². The summed E-state index contributed by atoms with van der Waals surface area (Å²) in [7, 11) is 0. The van der Waals surface area contributed by atoms with E-state index in [2.05, 4.69) is 0 Å². The van der Waals surface area contributed by atoms with E-state index in [-0.39, 0.29) is 24.7 Å². The van der Waals surface area contributed by atoms with Crippen molar-refractivity contribution in [2.75, 3.05) is 19.6 Å². The summed E-state index contributed by atoms with van der Waals surface area (Å²) >= 11 is 0.194. The molecule has 0 amide bonds. The van der Waals surface area contributed by atoms with Crippen LogP contribution >= 0.6 is 0 Å². The molecular weight excluding hydrogens is 407 g/mol. The van der Waals surface area contributed by atoms with Crippen molar-refractivity contribution < 1.29 is 32.5 Å².